The molecule has 0 saturated carbocycles. The lowest BCUT2D eigenvalue weighted by Gasteiger charge is -2.42. The highest BCUT2D eigenvalue weighted by Crippen LogP contribution is 2.32. The quantitative estimate of drug-likeness (QED) is 0.572. The molecule has 0 bridgehead atoms. The fourth-order valence-electron chi connectivity index (χ4n) is 1.80. The minimum Gasteiger partial charge on any atom is -0.380 e. The zero-order valence-electron chi connectivity index (χ0n) is 12.0. The average Bonchev–Trinajstić information content (AvgIpc) is 2.29. The van der Waals surface area contributed by atoms with Crippen LogP contribution in [0.3, 0.4) is 0 Å². The first kappa shape index (κ1) is 16.1. The molecule has 1 saturated heterocycles. The minimum atomic E-state index is -2.96. The maximum atomic E-state index is 5.94. The summed E-state index contributed by atoms with van der Waals surface area (Å²) in [6, 6.07) is 0. The second-order valence-electron chi connectivity index (χ2n) is 4.43. The van der Waals surface area contributed by atoms with Crippen LogP contribution in [0.5, 0.6) is 0 Å². The first-order chi connectivity index (χ1) is 8.66. The molecule has 0 aliphatic carbocycles. The molecule has 0 spiro atoms. The summed E-state index contributed by atoms with van der Waals surface area (Å²) in [4.78, 5) is 0. The smallest absolute Gasteiger partial charge is 0.380 e. The molecule has 1 fully saturated rings. The molecular formula is C12H26O5Si. The first-order valence-corrected chi connectivity index (χ1v) is 8.42. The third-order valence-electron chi connectivity index (χ3n) is 3.08. The second kappa shape index (κ2) is 7.57. The molecule has 0 amide bonds. The summed E-state index contributed by atoms with van der Waals surface area (Å²) in [5.41, 5.74) is 0.115. The highest BCUT2D eigenvalue weighted by atomic mass is 28.4. The third-order valence-corrected chi connectivity index (χ3v) is 5.51. The van der Waals surface area contributed by atoms with Gasteiger partial charge in [-0.3, -0.25) is 0 Å². The van der Waals surface area contributed by atoms with Crippen LogP contribution in [-0.2, 0) is 22.4 Å². The van der Waals surface area contributed by atoms with E-state index in [0.717, 1.165) is 19.6 Å². The van der Waals surface area contributed by atoms with Gasteiger partial charge in [0.05, 0.1) is 19.8 Å². The lowest BCUT2D eigenvalue weighted by Crippen LogP contribution is -2.54. The van der Waals surface area contributed by atoms with Crippen molar-refractivity contribution in [1.82, 2.24) is 0 Å². The zero-order chi connectivity index (χ0) is 13.5. The molecule has 1 rings (SSSR count). The summed E-state index contributed by atoms with van der Waals surface area (Å²) in [5.74, 6) is 0. The summed E-state index contributed by atoms with van der Waals surface area (Å²) in [7, 11) is -2.96. The van der Waals surface area contributed by atoms with Gasteiger partial charge in [-0.25, -0.2) is 0 Å². The van der Waals surface area contributed by atoms with Crippen molar-refractivity contribution >= 4 is 9.05 Å². The van der Waals surface area contributed by atoms with Crippen molar-refractivity contribution in [3.63, 3.8) is 0 Å². The van der Waals surface area contributed by atoms with Gasteiger partial charge in [0.25, 0.3) is 0 Å². The van der Waals surface area contributed by atoms with Crippen LogP contribution in [0.25, 0.3) is 0 Å². The Hall–Kier alpha value is 0.0169. The molecule has 0 aromatic carbocycles. The standard InChI is InChI=1S/C12H26O5Si/c1-5-12(9-13-10-12)11-17-18(14-6-2,15-7-3)16-8-4/h5-11H2,1-4H3. The number of rotatable bonds is 10. The van der Waals surface area contributed by atoms with Gasteiger partial charge in [0.1, 0.15) is 0 Å². The fraction of sp³-hybridized carbons (Fsp3) is 1.00. The van der Waals surface area contributed by atoms with E-state index in [-0.39, 0.29) is 5.41 Å². The van der Waals surface area contributed by atoms with Gasteiger partial charge in [-0.2, -0.15) is 0 Å². The Kier molecular flexibility index (Phi) is 6.76. The third kappa shape index (κ3) is 4.01. The van der Waals surface area contributed by atoms with Crippen molar-refractivity contribution < 1.29 is 22.4 Å². The molecule has 0 radical (unpaired) electrons. The molecule has 0 N–H and O–H groups in total. The van der Waals surface area contributed by atoms with Crippen LogP contribution in [0.2, 0.25) is 0 Å². The summed E-state index contributed by atoms with van der Waals surface area (Å²) in [6.07, 6.45) is 1.03. The van der Waals surface area contributed by atoms with Crippen molar-refractivity contribution in [2.24, 2.45) is 5.41 Å². The Labute approximate surface area is 111 Å². The number of hydrogen-bond donors (Lipinski definition) is 0. The van der Waals surface area contributed by atoms with Gasteiger partial charge in [-0.15, -0.1) is 0 Å². The van der Waals surface area contributed by atoms with E-state index in [2.05, 4.69) is 6.92 Å². The Morgan fingerprint density at radius 3 is 1.67 bits per heavy atom. The van der Waals surface area contributed by atoms with Gasteiger partial charge >= 0.3 is 9.05 Å². The van der Waals surface area contributed by atoms with Crippen LogP contribution in [0, 0.1) is 5.41 Å². The van der Waals surface area contributed by atoms with Crippen molar-refractivity contribution in [2.75, 3.05) is 39.6 Å². The van der Waals surface area contributed by atoms with E-state index >= 15 is 0 Å². The Balaban J connectivity index is 2.57. The molecule has 0 atom stereocenters. The van der Waals surface area contributed by atoms with Crippen molar-refractivity contribution in [1.29, 1.82) is 0 Å². The van der Waals surface area contributed by atoms with Crippen molar-refractivity contribution in [2.45, 2.75) is 34.1 Å². The lowest BCUT2D eigenvalue weighted by molar-refractivity contribution is -0.152. The van der Waals surface area contributed by atoms with Crippen LogP contribution < -0.4 is 0 Å². The maximum Gasteiger partial charge on any atom is 0.679 e. The molecule has 1 aliphatic heterocycles. The molecule has 108 valence electrons. The highest BCUT2D eigenvalue weighted by molar-refractivity contribution is 6.53. The molecule has 1 heterocycles. The molecule has 6 heteroatoms. The summed E-state index contributed by atoms with van der Waals surface area (Å²) in [5, 5.41) is 0. The van der Waals surface area contributed by atoms with Crippen LogP contribution in [0.15, 0.2) is 0 Å². The van der Waals surface area contributed by atoms with Crippen molar-refractivity contribution in [3.8, 4) is 0 Å². The monoisotopic (exact) mass is 278 g/mol. The maximum absolute atomic E-state index is 5.94. The SMILES string of the molecule is CCO[Si](OCC)(OCC)OCC1(CC)COC1. The molecular weight excluding hydrogens is 252 g/mol. The van der Waals surface area contributed by atoms with Crippen LogP contribution >= 0.6 is 0 Å². The highest BCUT2D eigenvalue weighted by Gasteiger charge is 2.48. The first-order valence-electron chi connectivity index (χ1n) is 6.79. The Morgan fingerprint density at radius 2 is 1.39 bits per heavy atom. The minimum absolute atomic E-state index is 0.115. The summed E-state index contributed by atoms with van der Waals surface area (Å²) < 4.78 is 28.2. The molecule has 0 aromatic heterocycles. The molecule has 1 aliphatic rings. The lowest BCUT2D eigenvalue weighted by atomic mass is 9.84. The molecule has 5 nitrogen and oxygen atoms in total. The fourth-order valence-corrected chi connectivity index (χ4v) is 3.85. The van der Waals surface area contributed by atoms with Gasteiger partial charge in [0.15, 0.2) is 0 Å². The van der Waals surface area contributed by atoms with Crippen LogP contribution in [0.1, 0.15) is 34.1 Å². The van der Waals surface area contributed by atoms with E-state index < -0.39 is 9.05 Å². The predicted octanol–water partition coefficient (Wildman–Crippen LogP) is 1.97. The van der Waals surface area contributed by atoms with E-state index in [0.29, 0.717) is 26.4 Å². The topological polar surface area (TPSA) is 46.2 Å². The van der Waals surface area contributed by atoms with E-state index in [1.807, 2.05) is 20.8 Å². The van der Waals surface area contributed by atoms with Crippen LogP contribution in [0.4, 0.5) is 0 Å². The van der Waals surface area contributed by atoms with E-state index in [4.69, 9.17) is 22.4 Å². The normalized spacial score (nSPS) is 18.7. The number of hydrogen-bond acceptors (Lipinski definition) is 5. The van der Waals surface area contributed by atoms with E-state index in [9.17, 15) is 0 Å². The van der Waals surface area contributed by atoms with E-state index in [1.165, 1.54) is 0 Å². The summed E-state index contributed by atoms with van der Waals surface area (Å²) >= 11 is 0. The summed E-state index contributed by atoms with van der Waals surface area (Å²) in [6.45, 7) is 11.6. The van der Waals surface area contributed by atoms with Gasteiger partial charge in [-0.1, -0.05) is 6.92 Å². The number of ether oxygens (including phenoxy) is 1. The van der Waals surface area contributed by atoms with E-state index in [1.54, 1.807) is 0 Å². The largest absolute Gasteiger partial charge is 0.679 e. The van der Waals surface area contributed by atoms with Gasteiger partial charge in [0, 0.05) is 25.2 Å². The zero-order valence-corrected chi connectivity index (χ0v) is 13.0. The van der Waals surface area contributed by atoms with Gasteiger partial charge in [0.2, 0.25) is 0 Å². The Morgan fingerprint density at radius 1 is 0.889 bits per heavy atom. The van der Waals surface area contributed by atoms with Crippen molar-refractivity contribution in [3.05, 3.63) is 0 Å². The molecule has 0 unspecified atom stereocenters. The average molecular weight is 278 g/mol. The van der Waals surface area contributed by atoms with Gasteiger partial charge in [-0.05, 0) is 27.2 Å². The Bertz CT molecular complexity index is 210. The second-order valence-corrected chi connectivity index (χ2v) is 6.59. The molecule has 18 heavy (non-hydrogen) atoms. The molecule has 0 aromatic rings. The van der Waals surface area contributed by atoms with Crippen LogP contribution in [-0.4, -0.2) is 48.7 Å². The predicted molar refractivity (Wildman–Crippen MR) is 70.1 cm³/mol. The van der Waals surface area contributed by atoms with Gasteiger partial charge < -0.3 is 22.4 Å².